The van der Waals surface area contributed by atoms with Crippen LogP contribution in [-0.2, 0) is 4.79 Å². The van der Waals surface area contributed by atoms with Crippen LogP contribution >= 0.6 is 23.2 Å². The predicted octanol–water partition coefficient (Wildman–Crippen LogP) is 2.18. The van der Waals surface area contributed by atoms with Crippen LogP contribution in [0.1, 0.15) is 0 Å². The summed E-state index contributed by atoms with van der Waals surface area (Å²) in [5, 5.41) is 10.1. The molecule has 0 radical (unpaired) electrons. The van der Waals surface area contributed by atoms with Gasteiger partial charge in [0.15, 0.2) is 0 Å². The molecule has 0 aromatic rings. The first-order chi connectivity index (χ1) is 6.65. The number of carbonyl (C=O) groups is 1. The van der Waals surface area contributed by atoms with Crippen molar-refractivity contribution in [3.05, 3.63) is 22.9 Å². The molecule has 3 nitrogen and oxygen atoms in total. The van der Waals surface area contributed by atoms with Crippen molar-refractivity contribution in [1.29, 1.82) is 0 Å². The number of hydrogen-bond acceptors (Lipinski definition) is 2. The minimum Gasteiger partial charge on any atom is -0.478 e. The molecule has 0 bridgehead atoms. The van der Waals surface area contributed by atoms with Gasteiger partial charge in [0, 0.05) is 0 Å². The fraction of sp³-hybridized carbons (Fsp3) is 0.286. The van der Waals surface area contributed by atoms with Gasteiger partial charge in [-0.3, -0.25) is 0 Å². The van der Waals surface area contributed by atoms with Gasteiger partial charge in [-0.1, -0.05) is 23.2 Å². The van der Waals surface area contributed by atoms with Crippen molar-refractivity contribution in [3.8, 4) is 0 Å². The lowest BCUT2D eigenvalue weighted by Crippen LogP contribution is -2.46. The van der Waals surface area contributed by atoms with E-state index in [0.29, 0.717) is 12.2 Å². The largest absolute Gasteiger partial charge is 0.478 e. The molecule has 1 rings (SSSR count). The molecule has 1 unspecified atom stereocenters. The molecule has 1 atom stereocenters. The highest BCUT2D eigenvalue weighted by atomic mass is 35.5. The SMILES string of the molecule is O=C(O)C1(Cl)C=C(C(F)(F)F)C=C(Cl)N1. The molecule has 15 heavy (non-hydrogen) atoms. The maximum Gasteiger partial charge on any atom is 0.416 e. The minimum absolute atomic E-state index is 0.350. The second kappa shape index (κ2) is 3.61. The van der Waals surface area contributed by atoms with Crippen molar-refractivity contribution in [3.63, 3.8) is 0 Å². The predicted molar refractivity (Wildman–Crippen MR) is 47.4 cm³/mol. The average Bonchev–Trinajstić information content (AvgIpc) is 2.00. The van der Waals surface area contributed by atoms with E-state index in [1.807, 2.05) is 5.32 Å². The quantitative estimate of drug-likeness (QED) is 0.562. The molecular formula is C7H4Cl2F3NO2. The highest BCUT2D eigenvalue weighted by Gasteiger charge is 2.43. The van der Waals surface area contributed by atoms with Crippen molar-refractivity contribution in [2.24, 2.45) is 0 Å². The summed E-state index contributed by atoms with van der Waals surface area (Å²) in [7, 11) is 0. The maximum atomic E-state index is 12.3. The lowest BCUT2D eigenvalue weighted by atomic mass is 10.1. The molecular weight excluding hydrogens is 258 g/mol. The zero-order valence-corrected chi connectivity index (χ0v) is 8.41. The molecule has 0 fully saturated rings. The Morgan fingerprint density at radius 2 is 2.07 bits per heavy atom. The van der Waals surface area contributed by atoms with Gasteiger partial charge < -0.3 is 10.4 Å². The van der Waals surface area contributed by atoms with Gasteiger partial charge in [0.2, 0.25) is 5.00 Å². The Bertz CT molecular complexity index is 364. The van der Waals surface area contributed by atoms with Crippen LogP contribution in [0.3, 0.4) is 0 Å². The average molecular weight is 262 g/mol. The molecule has 0 aromatic carbocycles. The zero-order chi connectivity index (χ0) is 11.9. The maximum absolute atomic E-state index is 12.3. The van der Waals surface area contributed by atoms with E-state index in [9.17, 15) is 18.0 Å². The number of dihydropyridines is 1. The first kappa shape index (κ1) is 12.2. The molecule has 0 amide bonds. The van der Waals surface area contributed by atoms with Crippen LogP contribution in [0.5, 0.6) is 0 Å². The molecule has 8 heteroatoms. The highest BCUT2D eigenvalue weighted by molar-refractivity contribution is 6.37. The van der Waals surface area contributed by atoms with Gasteiger partial charge in [-0.2, -0.15) is 13.2 Å². The third kappa shape index (κ3) is 2.57. The molecule has 0 aromatic heterocycles. The van der Waals surface area contributed by atoms with Gasteiger partial charge in [-0.05, 0) is 12.2 Å². The van der Waals surface area contributed by atoms with Gasteiger partial charge >= 0.3 is 12.1 Å². The van der Waals surface area contributed by atoms with E-state index < -0.39 is 27.9 Å². The summed E-state index contributed by atoms with van der Waals surface area (Å²) in [6, 6.07) is 0. The molecule has 2 N–H and O–H groups in total. The zero-order valence-electron chi connectivity index (χ0n) is 6.90. The van der Waals surface area contributed by atoms with Crippen LogP contribution in [0.4, 0.5) is 13.2 Å². The Labute approximate surface area is 92.2 Å². The van der Waals surface area contributed by atoms with Crippen molar-refractivity contribution in [2.45, 2.75) is 11.2 Å². The number of aliphatic carboxylic acids is 1. The van der Waals surface area contributed by atoms with Gasteiger partial charge in [-0.15, -0.1) is 0 Å². The summed E-state index contributed by atoms with van der Waals surface area (Å²) in [5.74, 6) is -1.67. The molecule has 1 aliphatic rings. The van der Waals surface area contributed by atoms with E-state index in [1.165, 1.54) is 0 Å². The summed E-state index contributed by atoms with van der Waals surface area (Å²) in [5.41, 5.74) is -1.20. The number of rotatable bonds is 1. The molecule has 0 aliphatic carbocycles. The van der Waals surface area contributed by atoms with E-state index >= 15 is 0 Å². The summed E-state index contributed by atoms with van der Waals surface area (Å²) in [4.78, 5) is 8.24. The Hall–Kier alpha value is -0.880. The molecule has 0 spiro atoms. The normalized spacial score (nSPS) is 26.5. The van der Waals surface area contributed by atoms with E-state index in [1.54, 1.807) is 0 Å². The standard InChI is InChI=1S/C7H4Cl2F3NO2/c8-4-1-3(7(10,11)12)2-6(9,13-4)5(14)15/h1-2,13H,(H,14,15). The van der Waals surface area contributed by atoms with E-state index in [-0.39, 0.29) is 0 Å². The van der Waals surface area contributed by atoms with Gasteiger partial charge in [0.1, 0.15) is 5.16 Å². The van der Waals surface area contributed by atoms with Crippen LogP contribution in [-0.4, -0.2) is 22.3 Å². The molecule has 1 heterocycles. The number of allylic oxidation sites excluding steroid dienone is 2. The van der Waals surface area contributed by atoms with Crippen LogP contribution in [0.2, 0.25) is 0 Å². The van der Waals surface area contributed by atoms with Crippen LogP contribution < -0.4 is 5.32 Å². The number of alkyl halides is 4. The number of nitrogens with one attached hydrogen (secondary N) is 1. The van der Waals surface area contributed by atoms with Gasteiger partial charge in [0.05, 0.1) is 5.57 Å². The summed E-state index contributed by atoms with van der Waals surface area (Å²) >= 11 is 10.7. The number of carboxylic acids is 1. The lowest BCUT2D eigenvalue weighted by Gasteiger charge is -2.26. The third-order valence-electron chi connectivity index (χ3n) is 1.58. The van der Waals surface area contributed by atoms with Crippen LogP contribution in [0.15, 0.2) is 22.9 Å². The van der Waals surface area contributed by atoms with Gasteiger partial charge in [-0.25, -0.2) is 4.79 Å². The molecule has 84 valence electrons. The van der Waals surface area contributed by atoms with Crippen molar-refractivity contribution < 1.29 is 23.1 Å². The Morgan fingerprint density at radius 1 is 1.53 bits per heavy atom. The van der Waals surface area contributed by atoms with Crippen molar-refractivity contribution in [2.75, 3.05) is 0 Å². The Balaban J connectivity index is 3.18. The summed E-state index contributed by atoms with van der Waals surface area (Å²) in [6.45, 7) is 0. The molecule has 0 saturated carbocycles. The topological polar surface area (TPSA) is 49.3 Å². The van der Waals surface area contributed by atoms with E-state index in [2.05, 4.69) is 0 Å². The Morgan fingerprint density at radius 3 is 2.47 bits per heavy atom. The van der Waals surface area contributed by atoms with Gasteiger partial charge in [0.25, 0.3) is 0 Å². The molecule has 0 saturated heterocycles. The van der Waals surface area contributed by atoms with E-state index in [4.69, 9.17) is 28.3 Å². The van der Waals surface area contributed by atoms with Crippen LogP contribution in [0.25, 0.3) is 0 Å². The second-order valence-corrected chi connectivity index (χ2v) is 3.74. The van der Waals surface area contributed by atoms with Crippen LogP contribution in [0, 0.1) is 0 Å². The summed E-state index contributed by atoms with van der Waals surface area (Å²) < 4.78 is 36.8. The van der Waals surface area contributed by atoms with Crippen molar-refractivity contribution >= 4 is 29.2 Å². The smallest absolute Gasteiger partial charge is 0.416 e. The number of halogens is 5. The first-order valence-electron chi connectivity index (χ1n) is 3.53. The lowest BCUT2D eigenvalue weighted by molar-refractivity contribution is -0.139. The fourth-order valence-electron chi connectivity index (χ4n) is 0.917. The summed E-state index contributed by atoms with van der Waals surface area (Å²) in [6.07, 6.45) is -3.79. The third-order valence-corrected chi connectivity index (χ3v) is 2.15. The number of carboxylic acid groups (broad SMARTS) is 1. The number of hydrogen-bond donors (Lipinski definition) is 2. The fourth-order valence-corrected chi connectivity index (χ4v) is 1.45. The first-order valence-corrected chi connectivity index (χ1v) is 4.28. The Kier molecular flexibility index (Phi) is 2.93. The minimum atomic E-state index is -4.70. The van der Waals surface area contributed by atoms with E-state index in [0.717, 1.165) is 0 Å². The monoisotopic (exact) mass is 261 g/mol. The van der Waals surface area contributed by atoms with Crippen molar-refractivity contribution in [1.82, 2.24) is 5.32 Å². The molecule has 1 aliphatic heterocycles. The highest BCUT2D eigenvalue weighted by Crippen LogP contribution is 2.34. The second-order valence-electron chi connectivity index (χ2n) is 2.73.